The Hall–Kier alpha value is -2.87. The zero-order valence-corrected chi connectivity index (χ0v) is 18.2. The van der Waals surface area contributed by atoms with E-state index in [1.807, 2.05) is 24.0 Å². The van der Waals surface area contributed by atoms with Crippen LogP contribution in [0.5, 0.6) is 5.75 Å². The molecule has 1 saturated heterocycles. The summed E-state index contributed by atoms with van der Waals surface area (Å²) in [6, 6.07) is 10.7. The Morgan fingerprint density at radius 2 is 1.93 bits per heavy atom. The summed E-state index contributed by atoms with van der Waals surface area (Å²) in [5, 5.41) is 2.86. The van der Waals surface area contributed by atoms with E-state index in [4.69, 9.17) is 4.74 Å². The number of anilines is 2. The lowest BCUT2D eigenvalue weighted by molar-refractivity contribution is -0.123. The van der Waals surface area contributed by atoms with Crippen LogP contribution in [-0.2, 0) is 9.59 Å². The van der Waals surface area contributed by atoms with E-state index in [1.165, 1.54) is 4.90 Å². The van der Waals surface area contributed by atoms with Gasteiger partial charge in [0.15, 0.2) is 6.61 Å². The molecular formula is C22H22BrN3O4. The number of para-hydroxylation sites is 1. The minimum absolute atomic E-state index is 0.0795. The van der Waals surface area contributed by atoms with Crippen molar-refractivity contribution < 1.29 is 19.1 Å². The second-order valence-electron chi connectivity index (χ2n) is 7.43. The molecule has 7 nitrogen and oxygen atoms in total. The second-order valence-corrected chi connectivity index (χ2v) is 8.34. The zero-order chi connectivity index (χ0) is 21.3. The monoisotopic (exact) mass is 471 g/mol. The number of nitrogens with one attached hydrogen (secondary N) is 1. The molecule has 156 valence electrons. The number of hydrogen-bond donors (Lipinski definition) is 1. The third-order valence-electron chi connectivity index (χ3n) is 5.33. The van der Waals surface area contributed by atoms with Crippen LogP contribution in [0.2, 0.25) is 0 Å². The van der Waals surface area contributed by atoms with E-state index in [2.05, 4.69) is 21.2 Å². The predicted molar refractivity (Wildman–Crippen MR) is 117 cm³/mol. The quantitative estimate of drug-likeness (QED) is 0.741. The van der Waals surface area contributed by atoms with E-state index >= 15 is 0 Å². The van der Waals surface area contributed by atoms with E-state index in [1.54, 1.807) is 24.3 Å². The highest BCUT2D eigenvalue weighted by Crippen LogP contribution is 2.34. The van der Waals surface area contributed by atoms with Crippen molar-refractivity contribution in [2.45, 2.75) is 19.8 Å². The van der Waals surface area contributed by atoms with Crippen LogP contribution < -0.4 is 15.0 Å². The van der Waals surface area contributed by atoms with Gasteiger partial charge < -0.3 is 15.0 Å². The summed E-state index contributed by atoms with van der Waals surface area (Å²) in [4.78, 5) is 41.4. The summed E-state index contributed by atoms with van der Waals surface area (Å²) < 4.78 is 6.29. The fourth-order valence-corrected chi connectivity index (χ4v) is 4.12. The predicted octanol–water partition coefficient (Wildman–Crippen LogP) is 3.36. The fourth-order valence-electron chi connectivity index (χ4n) is 3.78. The molecule has 0 unspecified atom stereocenters. The van der Waals surface area contributed by atoms with Gasteiger partial charge in [-0.25, -0.2) is 0 Å². The molecule has 0 aliphatic carbocycles. The average molecular weight is 472 g/mol. The lowest BCUT2D eigenvalue weighted by Crippen LogP contribution is -2.43. The second kappa shape index (κ2) is 8.47. The number of likely N-dealkylation sites (tertiary alicyclic amines) is 1. The SMILES string of the molecule is Cc1cccc(C(=O)N2CCCC2)c1NC(=O)CN1C(=O)COc2cc(Br)ccc21. The number of amides is 3. The summed E-state index contributed by atoms with van der Waals surface area (Å²) in [7, 11) is 0. The number of carbonyl (C=O) groups excluding carboxylic acids is 3. The molecule has 3 amide bonds. The minimum Gasteiger partial charge on any atom is -0.482 e. The van der Waals surface area contributed by atoms with Crippen molar-refractivity contribution in [2.75, 3.05) is 36.5 Å². The number of fused-ring (bicyclic) bond motifs is 1. The van der Waals surface area contributed by atoms with Crippen molar-refractivity contribution in [3.63, 3.8) is 0 Å². The number of aryl methyl sites for hydroxylation is 1. The maximum atomic E-state index is 12.9. The van der Waals surface area contributed by atoms with Crippen LogP contribution in [0.15, 0.2) is 40.9 Å². The first-order chi connectivity index (χ1) is 14.4. The van der Waals surface area contributed by atoms with Crippen LogP contribution in [-0.4, -0.2) is 48.9 Å². The maximum Gasteiger partial charge on any atom is 0.265 e. The molecule has 2 aromatic carbocycles. The molecule has 2 aromatic rings. The van der Waals surface area contributed by atoms with E-state index in [0.717, 1.165) is 36.0 Å². The van der Waals surface area contributed by atoms with Gasteiger partial charge in [0, 0.05) is 17.6 Å². The first kappa shape index (κ1) is 20.4. The van der Waals surface area contributed by atoms with Gasteiger partial charge in [-0.2, -0.15) is 0 Å². The van der Waals surface area contributed by atoms with Crippen LogP contribution in [0.4, 0.5) is 11.4 Å². The molecule has 1 fully saturated rings. The number of ether oxygens (including phenoxy) is 1. The van der Waals surface area contributed by atoms with Crippen molar-refractivity contribution in [2.24, 2.45) is 0 Å². The third kappa shape index (κ3) is 4.05. The molecule has 0 spiro atoms. The van der Waals surface area contributed by atoms with Crippen molar-refractivity contribution in [3.05, 3.63) is 52.0 Å². The highest BCUT2D eigenvalue weighted by molar-refractivity contribution is 9.10. The third-order valence-corrected chi connectivity index (χ3v) is 5.82. The molecular weight excluding hydrogens is 450 g/mol. The van der Waals surface area contributed by atoms with Gasteiger partial charge in [0.2, 0.25) is 5.91 Å². The molecule has 0 saturated carbocycles. The number of nitrogens with zero attached hydrogens (tertiary/aromatic N) is 2. The van der Waals surface area contributed by atoms with Crippen LogP contribution in [0.25, 0.3) is 0 Å². The Kier molecular flexibility index (Phi) is 5.76. The molecule has 0 atom stereocenters. The molecule has 0 radical (unpaired) electrons. The number of halogens is 1. The molecule has 2 heterocycles. The summed E-state index contributed by atoms with van der Waals surface area (Å²) >= 11 is 3.38. The standard InChI is InChI=1S/C22H22BrN3O4/c1-14-5-4-6-16(22(29)25-9-2-3-10-25)21(14)24-19(27)12-26-17-8-7-15(23)11-18(17)30-13-20(26)28/h4-8,11H,2-3,9-10,12-13H2,1H3,(H,24,27). The van der Waals surface area contributed by atoms with Crippen LogP contribution in [0, 0.1) is 6.92 Å². The summed E-state index contributed by atoms with van der Waals surface area (Å²) in [6.45, 7) is 3.02. The normalized spacial score (nSPS) is 15.6. The Morgan fingerprint density at radius 1 is 1.17 bits per heavy atom. The first-order valence-electron chi connectivity index (χ1n) is 9.85. The fraction of sp³-hybridized carbons (Fsp3) is 0.318. The molecule has 0 bridgehead atoms. The van der Waals surface area contributed by atoms with E-state index in [-0.39, 0.29) is 30.9 Å². The smallest absolute Gasteiger partial charge is 0.265 e. The highest BCUT2D eigenvalue weighted by Gasteiger charge is 2.28. The van der Waals surface area contributed by atoms with E-state index < -0.39 is 0 Å². The van der Waals surface area contributed by atoms with Gasteiger partial charge in [-0.15, -0.1) is 0 Å². The number of rotatable bonds is 4. The van der Waals surface area contributed by atoms with Gasteiger partial charge in [-0.3, -0.25) is 19.3 Å². The molecule has 2 aliphatic heterocycles. The lowest BCUT2D eigenvalue weighted by atomic mass is 10.1. The Morgan fingerprint density at radius 3 is 2.70 bits per heavy atom. The molecule has 30 heavy (non-hydrogen) atoms. The van der Waals surface area contributed by atoms with Crippen molar-refractivity contribution >= 4 is 45.0 Å². The molecule has 1 N–H and O–H groups in total. The lowest BCUT2D eigenvalue weighted by Gasteiger charge is -2.29. The van der Waals surface area contributed by atoms with Crippen LogP contribution >= 0.6 is 15.9 Å². The van der Waals surface area contributed by atoms with Crippen LogP contribution in [0.3, 0.4) is 0 Å². The number of carbonyl (C=O) groups is 3. The van der Waals surface area contributed by atoms with Crippen LogP contribution in [0.1, 0.15) is 28.8 Å². The zero-order valence-electron chi connectivity index (χ0n) is 16.6. The maximum absolute atomic E-state index is 12.9. The Balaban J connectivity index is 1.55. The Labute approximate surface area is 183 Å². The first-order valence-corrected chi connectivity index (χ1v) is 10.6. The van der Waals surface area contributed by atoms with E-state index in [9.17, 15) is 14.4 Å². The largest absolute Gasteiger partial charge is 0.482 e. The van der Waals surface area contributed by atoms with Crippen molar-refractivity contribution in [1.29, 1.82) is 0 Å². The topological polar surface area (TPSA) is 79.0 Å². The summed E-state index contributed by atoms with van der Waals surface area (Å²) in [5.41, 5.74) is 2.31. The minimum atomic E-state index is -0.371. The van der Waals surface area contributed by atoms with Crippen molar-refractivity contribution in [1.82, 2.24) is 4.90 Å². The van der Waals surface area contributed by atoms with Gasteiger partial charge in [-0.05, 0) is 49.6 Å². The molecule has 0 aromatic heterocycles. The average Bonchev–Trinajstić information content (AvgIpc) is 3.26. The van der Waals surface area contributed by atoms with Gasteiger partial charge >= 0.3 is 0 Å². The molecule has 2 aliphatic rings. The molecule has 8 heteroatoms. The van der Waals surface area contributed by atoms with Gasteiger partial charge in [0.1, 0.15) is 12.3 Å². The Bertz CT molecular complexity index is 1020. The number of benzene rings is 2. The molecule has 4 rings (SSSR count). The summed E-state index contributed by atoms with van der Waals surface area (Å²) in [5.74, 6) is -0.205. The van der Waals surface area contributed by atoms with Gasteiger partial charge in [-0.1, -0.05) is 28.1 Å². The summed E-state index contributed by atoms with van der Waals surface area (Å²) in [6.07, 6.45) is 1.99. The van der Waals surface area contributed by atoms with Gasteiger partial charge in [0.25, 0.3) is 11.8 Å². The van der Waals surface area contributed by atoms with Gasteiger partial charge in [0.05, 0.1) is 16.9 Å². The van der Waals surface area contributed by atoms with Crippen molar-refractivity contribution in [3.8, 4) is 5.75 Å². The highest BCUT2D eigenvalue weighted by atomic mass is 79.9. The van der Waals surface area contributed by atoms with E-state index in [0.29, 0.717) is 22.7 Å². The number of hydrogen-bond acceptors (Lipinski definition) is 4.